The van der Waals surface area contributed by atoms with Crippen LogP contribution < -0.4 is 0 Å². The summed E-state index contributed by atoms with van der Waals surface area (Å²) < 4.78 is 0. The average Bonchev–Trinajstić information content (AvgIpc) is 2.38. The van der Waals surface area contributed by atoms with E-state index in [2.05, 4.69) is 65.8 Å². The summed E-state index contributed by atoms with van der Waals surface area (Å²) in [6.07, 6.45) is 17.3. The molecule has 1 radical (unpaired) electrons. The summed E-state index contributed by atoms with van der Waals surface area (Å²) in [5.41, 5.74) is 5.93. The highest BCUT2D eigenvalue weighted by molar-refractivity contribution is 5.07. The maximum Gasteiger partial charge on any atom is -0.0288 e. The van der Waals surface area contributed by atoms with E-state index in [1.807, 2.05) is 0 Å². The van der Waals surface area contributed by atoms with Gasteiger partial charge in [-0.2, -0.15) is 0 Å². The first-order valence-corrected chi connectivity index (χ1v) is 8.35. The molecule has 0 atom stereocenters. The summed E-state index contributed by atoms with van der Waals surface area (Å²) in [6.45, 7) is 14.9. The molecule has 0 nitrogen and oxygen atoms in total. The topological polar surface area (TPSA) is 0 Å². The molecule has 21 heavy (non-hydrogen) atoms. The van der Waals surface area contributed by atoms with Crippen LogP contribution in [-0.2, 0) is 0 Å². The van der Waals surface area contributed by atoms with Crippen molar-refractivity contribution >= 4 is 0 Å². The van der Waals surface area contributed by atoms with E-state index in [4.69, 9.17) is 0 Å². The molecule has 0 fully saturated rings. The Morgan fingerprint density at radius 2 is 1.00 bits per heavy atom. The fourth-order valence-electron chi connectivity index (χ4n) is 2.23. The molecule has 0 aromatic heterocycles. The fraction of sp³-hybridized carbons (Fsp3) is 0.571. The molecule has 0 aromatic rings. The van der Waals surface area contributed by atoms with Crippen LogP contribution in [0.3, 0.4) is 0 Å². The van der Waals surface area contributed by atoms with E-state index in [0.717, 1.165) is 12.8 Å². The smallest absolute Gasteiger partial charge is 0.0288 e. The van der Waals surface area contributed by atoms with Crippen molar-refractivity contribution in [1.29, 1.82) is 0 Å². The second-order valence-corrected chi connectivity index (χ2v) is 6.34. The van der Waals surface area contributed by atoms with E-state index >= 15 is 0 Å². The molecule has 0 aliphatic rings. The standard InChI is InChI=1S/C21H35/c1-7-11-19(4)14-9-15-21(6)17-10-16-20(5)13-8-12-18(2)3/h11-12,15-16H,1,7-10,13-14,17H2,2-6H3/b19-11+,20-16+,21-15+. The second-order valence-electron chi connectivity index (χ2n) is 6.34. The van der Waals surface area contributed by atoms with E-state index in [1.165, 1.54) is 54.4 Å². The first-order chi connectivity index (χ1) is 9.95. The lowest BCUT2D eigenvalue weighted by atomic mass is 10.0. The van der Waals surface area contributed by atoms with Crippen LogP contribution in [0.4, 0.5) is 0 Å². The quantitative estimate of drug-likeness (QED) is 0.368. The number of rotatable bonds is 10. The van der Waals surface area contributed by atoms with Crippen LogP contribution in [0.5, 0.6) is 0 Å². The zero-order valence-corrected chi connectivity index (χ0v) is 15.0. The molecule has 0 unspecified atom stereocenters. The third-order valence-corrected chi connectivity index (χ3v) is 3.65. The van der Waals surface area contributed by atoms with Gasteiger partial charge in [-0.05, 0) is 86.5 Å². The third-order valence-electron chi connectivity index (χ3n) is 3.65. The molecular formula is C21H35. The van der Waals surface area contributed by atoms with Crippen molar-refractivity contribution in [2.75, 3.05) is 0 Å². The van der Waals surface area contributed by atoms with Gasteiger partial charge in [0.1, 0.15) is 0 Å². The highest BCUT2D eigenvalue weighted by Gasteiger charge is 1.93. The maximum absolute atomic E-state index is 3.85. The number of hydrogen-bond donors (Lipinski definition) is 0. The van der Waals surface area contributed by atoms with Gasteiger partial charge in [0.25, 0.3) is 0 Å². The summed E-state index contributed by atoms with van der Waals surface area (Å²) in [5, 5.41) is 0. The molecule has 0 aromatic carbocycles. The predicted octanol–water partition coefficient (Wildman–Crippen LogP) is 7.36. The van der Waals surface area contributed by atoms with Crippen molar-refractivity contribution in [1.82, 2.24) is 0 Å². The van der Waals surface area contributed by atoms with Crippen LogP contribution in [-0.4, -0.2) is 0 Å². The zero-order chi connectivity index (χ0) is 16.1. The van der Waals surface area contributed by atoms with E-state index in [9.17, 15) is 0 Å². The van der Waals surface area contributed by atoms with E-state index < -0.39 is 0 Å². The Bertz CT molecular complexity index is 384. The minimum atomic E-state index is 0.908. The van der Waals surface area contributed by atoms with Gasteiger partial charge in [-0.1, -0.05) is 46.6 Å². The van der Waals surface area contributed by atoms with Crippen LogP contribution in [0.1, 0.15) is 79.6 Å². The molecule has 0 amide bonds. The molecule has 119 valence electrons. The predicted molar refractivity (Wildman–Crippen MR) is 98.4 cm³/mol. The first-order valence-electron chi connectivity index (χ1n) is 8.35. The van der Waals surface area contributed by atoms with Gasteiger partial charge in [-0.25, -0.2) is 0 Å². The molecule has 0 spiro atoms. The molecule has 0 bridgehead atoms. The first kappa shape index (κ1) is 20.0. The van der Waals surface area contributed by atoms with Crippen LogP contribution in [0, 0.1) is 6.92 Å². The highest BCUT2D eigenvalue weighted by Crippen LogP contribution is 2.13. The molecule has 0 rings (SSSR count). The maximum atomic E-state index is 3.85. The number of allylic oxidation sites excluding steroid dienone is 8. The van der Waals surface area contributed by atoms with Crippen LogP contribution in [0.25, 0.3) is 0 Å². The Morgan fingerprint density at radius 3 is 1.38 bits per heavy atom. The highest BCUT2D eigenvalue weighted by atomic mass is 14.0. The van der Waals surface area contributed by atoms with E-state index in [1.54, 1.807) is 0 Å². The number of hydrogen-bond acceptors (Lipinski definition) is 0. The summed E-state index contributed by atoms with van der Waals surface area (Å²) in [5.74, 6) is 0. The minimum absolute atomic E-state index is 0.908. The van der Waals surface area contributed by atoms with Gasteiger partial charge in [0.15, 0.2) is 0 Å². The fourth-order valence-corrected chi connectivity index (χ4v) is 2.23. The van der Waals surface area contributed by atoms with Gasteiger partial charge in [-0.3, -0.25) is 0 Å². The lowest BCUT2D eigenvalue weighted by molar-refractivity contribution is 0.898. The van der Waals surface area contributed by atoms with Gasteiger partial charge in [0.2, 0.25) is 0 Å². The average molecular weight is 288 g/mol. The van der Waals surface area contributed by atoms with Crippen molar-refractivity contribution in [3.05, 3.63) is 53.5 Å². The van der Waals surface area contributed by atoms with E-state index in [-0.39, 0.29) is 0 Å². The summed E-state index contributed by atoms with van der Waals surface area (Å²) in [7, 11) is 0. The molecule has 0 N–H and O–H groups in total. The zero-order valence-electron chi connectivity index (χ0n) is 15.0. The monoisotopic (exact) mass is 287 g/mol. The second kappa shape index (κ2) is 12.7. The van der Waals surface area contributed by atoms with Crippen molar-refractivity contribution in [2.24, 2.45) is 0 Å². The van der Waals surface area contributed by atoms with Crippen LogP contribution in [0.2, 0.25) is 0 Å². The molecule has 0 saturated carbocycles. The molecule has 0 saturated heterocycles. The Morgan fingerprint density at radius 1 is 0.619 bits per heavy atom. The molecule has 0 aliphatic carbocycles. The summed E-state index contributed by atoms with van der Waals surface area (Å²) in [6, 6.07) is 0. The van der Waals surface area contributed by atoms with Gasteiger partial charge in [0.05, 0.1) is 0 Å². The lowest BCUT2D eigenvalue weighted by Gasteiger charge is -2.02. The molecule has 0 heterocycles. The van der Waals surface area contributed by atoms with Gasteiger partial charge >= 0.3 is 0 Å². The minimum Gasteiger partial charge on any atom is -0.0856 e. The van der Waals surface area contributed by atoms with Crippen LogP contribution >= 0.6 is 0 Å². The van der Waals surface area contributed by atoms with E-state index in [0.29, 0.717) is 0 Å². The summed E-state index contributed by atoms with van der Waals surface area (Å²) in [4.78, 5) is 0. The Labute approximate surface area is 133 Å². The normalized spacial score (nSPS) is 13.5. The Balaban J connectivity index is 3.93. The largest absolute Gasteiger partial charge is 0.0856 e. The SMILES string of the molecule is [CH2]C/C=C(\C)CC/C=C(\C)CC/C=C(\C)CCC=C(C)C. The van der Waals surface area contributed by atoms with Crippen molar-refractivity contribution < 1.29 is 0 Å². The molecular weight excluding hydrogens is 252 g/mol. The van der Waals surface area contributed by atoms with Crippen LogP contribution in [0.15, 0.2) is 46.6 Å². The van der Waals surface area contributed by atoms with Crippen molar-refractivity contribution in [3.8, 4) is 0 Å². The Hall–Kier alpha value is -1.04. The summed E-state index contributed by atoms with van der Waals surface area (Å²) >= 11 is 0. The van der Waals surface area contributed by atoms with Crippen molar-refractivity contribution in [2.45, 2.75) is 79.6 Å². The van der Waals surface area contributed by atoms with Crippen molar-refractivity contribution in [3.63, 3.8) is 0 Å². The van der Waals surface area contributed by atoms with Gasteiger partial charge in [0, 0.05) is 0 Å². The Kier molecular flexibility index (Phi) is 12.1. The molecule has 0 heteroatoms. The van der Waals surface area contributed by atoms with Gasteiger partial charge < -0.3 is 0 Å². The third kappa shape index (κ3) is 13.7. The van der Waals surface area contributed by atoms with Gasteiger partial charge in [-0.15, -0.1) is 0 Å². The lowest BCUT2D eigenvalue weighted by Crippen LogP contribution is -1.82. The molecule has 0 aliphatic heterocycles.